The molecule has 0 aliphatic heterocycles. The van der Waals surface area contributed by atoms with Gasteiger partial charge in [-0.1, -0.05) is 109 Å². The van der Waals surface area contributed by atoms with Crippen LogP contribution in [0.5, 0.6) is 0 Å². The molecule has 1 nitrogen and oxygen atoms in total. The summed E-state index contributed by atoms with van der Waals surface area (Å²) in [6, 6.07) is 0. The van der Waals surface area contributed by atoms with Crippen molar-refractivity contribution in [3.63, 3.8) is 0 Å². The predicted molar refractivity (Wildman–Crippen MR) is 118 cm³/mol. The summed E-state index contributed by atoms with van der Waals surface area (Å²) < 4.78 is 0. The largest absolute Gasteiger partial charge is 0.281 e. The van der Waals surface area contributed by atoms with E-state index in [1.807, 2.05) is 0 Å². The molecule has 2 heteroatoms. The van der Waals surface area contributed by atoms with Gasteiger partial charge in [-0.15, -0.1) is 0 Å². The van der Waals surface area contributed by atoms with Crippen LogP contribution in [0.3, 0.4) is 0 Å². The van der Waals surface area contributed by atoms with Gasteiger partial charge in [-0.3, -0.25) is 4.79 Å². The molecule has 0 aromatic carbocycles. The second kappa shape index (κ2) is 22.7. The molecule has 0 aliphatic rings. The first-order valence-corrected chi connectivity index (χ1v) is 12.0. The second-order valence-electron chi connectivity index (χ2n) is 7.81. The van der Waals surface area contributed by atoms with E-state index in [0.717, 1.165) is 12.8 Å². The third-order valence-electron chi connectivity index (χ3n) is 5.14. The maximum Gasteiger partial charge on any atom is 0.221 e. The molecule has 154 valence electrons. The van der Waals surface area contributed by atoms with Crippen LogP contribution in [0.15, 0.2) is 12.2 Å². The summed E-state index contributed by atoms with van der Waals surface area (Å²) in [6.07, 6.45) is 30.8. The summed E-state index contributed by atoms with van der Waals surface area (Å²) in [5.74, 6) is 0. The maximum absolute atomic E-state index is 10.6. The summed E-state index contributed by atoms with van der Waals surface area (Å²) in [5.41, 5.74) is 0. The van der Waals surface area contributed by atoms with Crippen molar-refractivity contribution in [2.24, 2.45) is 0 Å². The van der Waals surface area contributed by atoms with E-state index in [4.69, 9.17) is 11.6 Å². The van der Waals surface area contributed by atoms with Crippen molar-refractivity contribution >= 4 is 16.8 Å². The van der Waals surface area contributed by atoms with E-state index in [1.165, 1.54) is 109 Å². The minimum absolute atomic E-state index is 0.189. The van der Waals surface area contributed by atoms with E-state index in [1.54, 1.807) is 0 Å². The molecule has 0 bridgehead atoms. The Morgan fingerprint density at radius 1 is 0.577 bits per heavy atom. The van der Waals surface area contributed by atoms with Crippen LogP contribution in [0.2, 0.25) is 0 Å². The molecule has 0 aromatic rings. The Hall–Kier alpha value is -0.300. The number of unbranched alkanes of at least 4 members (excludes halogenated alkanes) is 17. The van der Waals surface area contributed by atoms with Crippen LogP contribution in [0, 0.1) is 0 Å². The third kappa shape index (κ3) is 23.7. The molecule has 0 amide bonds. The molecule has 0 saturated carbocycles. The van der Waals surface area contributed by atoms with Crippen molar-refractivity contribution in [2.75, 3.05) is 0 Å². The van der Waals surface area contributed by atoms with Crippen LogP contribution in [-0.2, 0) is 4.79 Å². The minimum Gasteiger partial charge on any atom is -0.281 e. The van der Waals surface area contributed by atoms with Gasteiger partial charge in [-0.25, -0.2) is 0 Å². The predicted octanol–water partition coefficient (Wildman–Crippen LogP) is 9.13. The Morgan fingerprint density at radius 2 is 0.923 bits per heavy atom. The Kier molecular flexibility index (Phi) is 22.5. The van der Waals surface area contributed by atoms with Crippen LogP contribution in [0.4, 0.5) is 0 Å². The van der Waals surface area contributed by atoms with Crippen LogP contribution < -0.4 is 0 Å². The summed E-state index contributed by atoms with van der Waals surface area (Å²) in [5, 5.41) is -0.189. The SMILES string of the molecule is CCCCCCCCCCCCCC/C=C/CCCCCCCC(=O)Cl. The van der Waals surface area contributed by atoms with Crippen LogP contribution in [0.25, 0.3) is 0 Å². The molecule has 0 radical (unpaired) electrons. The summed E-state index contributed by atoms with van der Waals surface area (Å²) in [4.78, 5) is 10.6. The second-order valence-corrected chi connectivity index (χ2v) is 8.23. The van der Waals surface area contributed by atoms with E-state index in [0.29, 0.717) is 6.42 Å². The van der Waals surface area contributed by atoms with Gasteiger partial charge >= 0.3 is 0 Å². The van der Waals surface area contributed by atoms with Gasteiger partial charge in [-0.2, -0.15) is 0 Å². The Bertz CT molecular complexity index is 311. The average Bonchev–Trinajstić information content (AvgIpc) is 2.62. The zero-order chi connectivity index (χ0) is 19.1. The van der Waals surface area contributed by atoms with Crippen molar-refractivity contribution in [3.8, 4) is 0 Å². The monoisotopic (exact) mass is 384 g/mol. The van der Waals surface area contributed by atoms with Gasteiger partial charge in [0.05, 0.1) is 0 Å². The molecule has 0 aliphatic carbocycles. The molecule has 0 aromatic heterocycles. The fourth-order valence-corrected chi connectivity index (χ4v) is 3.53. The summed E-state index contributed by atoms with van der Waals surface area (Å²) in [7, 11) is 0. The molecule has 0 rings (SSSR count). The van der Waals surface area contributed by atoms with E-state index >= 15 is 0 Å². The third-order valence-corrected chi connectivity index (χ3v) is 5.32. The van der Waals surface area contributed by atoms with E-state index in [-0.39, 0.29) is 5.24 Å². The van der Waals surface area contributed by atoms with E-state index < -0.39 is 0 Å². The zero-order valence-corrected chi connectivity index (χ0v) is 18.3. The number of carbonyl (C=O) groups excluding carboxylic acids is 1. The highest BCUT2D eigenvalue weighted by Crippen LogP contribution is 2.13. The fraction of sp³-hybridized carbons (Fsp3) is 0.875. The highest BCUT2D eigenvalue weighted by molar-refractivity contribution is 6.63. The molecule has 0 saturated heterocycles. The molecular formula is C24H45ClO. The van der Waals surface area contributed by atoms with E-state index in [2.05, 4.69) is 19.1 Å². The summed E-state index contributed by atoms with van der Waals surface area (Å²) in [6.45, 7) is 2.29. The number of hydrogen-bond acceptors (Lipinski definition) is 1. The first kappa shape index (κ1) is 25.7. The lowest BCUT2D eigenvalue weighted by Gasteiger charge is -2.02. The Morgan fingerprint density at radius 3 is 1.31 bits per heavy atom. The first-order valence-electron chi connectivity index (χ1n) is 11.6. The lowest BCUT2D eigenvalue weighted by Crippen LogP contribution is -1.86. The summed E-state index contributed by atoms with van der Waals surface area (Å²) >= 11 is 5.32. The van der Waals surface area contributed by atoms with Crippen molar-refractivity contribution in [1.82, 2.24) is 0 Å². The molecule has 0 heterocycles. The average molecular weight is 385 g/mol. The maximum atomic E-state index is 10.6. The number of halogens is 1. The van der Waals surface area contributed by atoms with Crippen molar-refractivity contribution in [3.05, 3.63) is 12.2 Å². The Balaban J connectivity index is 3.07. The highest BCUT2D eigenvalue weighted by atomic mass is 35.5. The smallest absolute Gasteiger partial charge is 0.221 e. The normalized spacial score (nSPS) is 11.5. The van der Waals surface area contributed by atoms with Crippen molar-refractivity contribution in [2.45, 2.75) is 135 Å². The molecule has 0 fully saturated rings. The van der Waals surface area contributed by atoms with Crippen LogP contribution >= 0.6 is 11.6 Å². The van der Waals surface area contributed by atoms with Gasteiger partial charge in [0, 0.05) is 6.42 Å². The zero-order valence-electron chi connectivity index (χ0n) is 17.6. The lowest BCUT2D eigenvalue weighted by atomic mass is 10.0. The van der Waals surface area contributed by atoms with Crippen LogP contribution in [-0.4, -0.2) is 5.24 Å². The van der Waals surface area contributed by atoms with Gasteiger partial charge in [0.1, 0.15) is 0 Å². The van der Waals surface area contributed by atoms with Crippen molar-refractivity contribution in [1.29, 1.82) is 0 Å². The molecule has 0 atom stereocenters. The molecule has 26 heavy (non-hydrogen) atoms. The lowest BCUT2D eigenvalue weighted by molar-refractivity contribution is -0.111. The van der Waals surface area contributed by atoms with Gasteiger partial charge < -0.3 is 0 Å². The molecular weight excluding hydrogens is 340 g/mol. The Labute approximate surface area is 169 Å². The quantitative estimate of drug-likeness (QED) is 0.109. The topological polar surface area (TPSA) is 17.1 Å². The number of hydrogen-bond donors (Lipinski definition) is 0. The van der Waals surface area contributed by atoms with E-state index in [9.17, 15) is 4.79 Å². The first-order chi connectivity index (χ1) is 12.8. The standard InChI is InChI=1S/C24H45ClO/c1-2-3-4-5-6-7-8-9-10-11-12-13-14-15-16-17-18-19-20-21-22-23-24(25)26/h15-16H,2-14,17-23H2,1H3/b16-15+. The minimum atomic E-state index is -0.189. The molecule has 0 spiro atoms. The fourth-order valence-electron chi connectivity index (χ4n) is 3.40. The van der Waals surface area contributed by atoms with Crippen LogP contribution in [0.1, 0.15) is 135 Å². The van der Waals surface area contributed by atoms with Crippen molar-refractivity contribution < 1.29 is 4.79 Å². The van der Waals surface area contributed by atoms with Gasteiger partial charge in [-0.05, 0) is 43.7 Å². The number of allylic oxidation sites excluding steroid dienone is 2. The number of rotatable bonds is 21. The van der Waals surface area contributed by atoms with Gasteiger partial charge in [0.25, 0.3) is 0 Å². The van der Waals surface area contributed by atoms with Gasteiger partial charge in [0.15, 0.2) is 0 Å². The number of carbonyl (C=O) groups is 1. The highest BCUT2D eigenvalue weighted by Gasteiger charge is 1.96. The molecule has 0 N–H and O–H groups in total. The molecule has 0 unspecified atom stereocenters. The van der Waals surface area contributed by atoms with Gasteiger partial charge in [0.2, 0.25) is 5.24 Å².